The van der Waals surface area contributed by atoms with Crippen molar-refractivity contribution in [3.63, 3.8) is 0 Å². The minimum absolute atomic E-state index is 0.0296. The fourth-order valence-corrected chi connectivity index (χ4v) is 2.38. The number of ether oxygens (including phenoxy) is 1. The van der Waals surface area contributed by atoms with Crippen molar-refractivity contribution < 1.29 is 4.74 Å². The van der Waals surface area contributed by atoms with Crippen LogP contribution in [0, 0.1) is 0 Å². The van der Waals surface area contributed by atoms with Crippen molar-refractivity contribution in [1.82, 2.24) is 4.98 Å². The third-order valence-electron chi connectivity index (χ3n) is 2.39. The standard InChI is InChI=1S/C9H13ClN2OS/c1-9(3-2-4-13-9)6-12-8-11-5-7(10)14-8/h5H,2-4,6H2,1H3,(H,11,12). The Balaban J connectivity index is 1.87. The molecule has 1 N–H and O–H groups in total. The van der Waals surface area contributed by atoms with Gasteiger partial charge in [0.05, 0.1) is 11.8 Å². The minimum atomic E-state index is -0.0296. The maximum atomic E-state index is 5.78. The number of nitrogens with one attached hydrogen (secondary N) is 1. The van der Waals surface area contributed by atoms with E-state index in [1.54, 1.807) is 6.20 Å². The second-order valence-electron chi connectivity index (χ2n) is 3.72. The SMILES string of the molecule is CC1(CNc2ncc(Cl)s2)CCCO1. The van der Waals surface area contributed by atoms with Crippen LogP contribution in [-0.4, -0.2) is 23.7 Å². The molecule has 1 fully saturated rings. The van der Waals surface area contributed by atoms with Gasteiger partial charge < -0.3 is 10.1 Å². The Kier molecular flexibility index (Phi) is 2.95. The van der Waals surface area contributed by atoms with Crippen molar-refractivity contribution >= 4 is 28.1 Å². The molecule has 0 amide bonds. The highest BCUT2D eigenvalue weighted by Gasteiger charge is 2.29. The average Bonchev–Trinajstić information content (AvgIpc) is 2.73. The van der Waals surface area contributed by atoms with E-state index in [9.17, 15) is 0 Å². The van der Waals surface area contributed by atoms with E-state index < -0.39 is 0 Å². The van der Waals surface area contributed by atoms with Gasteiger partial charge in [-0.15, -0.1) is 0 Å². The van der Waals surface area contributed by atoms with E-state index in [2.05, 4.69) is 17.2 Å². The first-order chi connectivity index (χ1) is 6.68. The molecule has 1 atom stereocenters. The molecule has 1 aliphatic heterocycles. The van der Waals surface area contributed by atoms with Crippen LogP contribution in [0.2, 0.25) is 4.34 Å². The molecule has 1 aromatic heterocycles. The lowest BCUT2D eigenvalue weighted by atomic mass is 10.0. The van der Waals surface area contributed by atoms with Gasteiger partial charge in [-0.05, 0) is 19.8 Å². The molecule has 1 aromatic rings. The van der Waals surface area contributed by atoms with Crippen LogP contribution in [0.1, 0.15) is 19.8 Å². The summed E-state index contributed by atoms with van der Waals surface area (Å²) in [6.07, 6.45) is 3.92. The molecule has 1 aliphatic rings. The van der Waals surface area contributed by atoms with Crippen molar-refractivity contribution in [2.45, 2.75) is 25.4 Å². The van der Waals surface area contributed by atoms with Crippen molar-refractivity contribution in [3.8, 4) is 0 Å². The van der Waals surface area contributed by atoms with E-state index in [-0.39, 0.29) is 5.60 Å². The lowest BCUT2D eigenvalue weighted by Gasteiger charge is -2.22. The first-order valence-electron chi connectivity index (χ1n) is 4.67. The van der Waals surface area contributed by atoms with Crippen LogP contribution in [0.4, 0.5) is 5.13 Å². The van der Waals surface area contributed by atoms with E-state index >= 15 is 0 Å². The molecule has 1 saturated heterocycles. The number of hydrogen-bond donors (Lipinski definition) is 1. The van der Waals surface area contributed by atoms with E-state index in [1.165, 1.54) is 11.3 Å². The van der Waals surface area contributed by atoms with Crippen LogP contribution in [0.25, 0.3) is 0 Å². The van der Waals surface area contributed by atoms with Crippen molar-refractivity contribution in [2.75, 3.05) is 18.5 Å². The molecule has 1 unspecified atom stereocenters. The third-order valence-corrected chi connectivity index (χ3v) is 3.46. The maximum Gasteiger partial charge on any atom is 0.184 e. The van der Waals surface area contributed by atoms with Gasteiger partial charge in [0.1, 0.15) is 4.34 Å². The summed E-state index contributed by atoms with van der Waals surface area (Å²) in [5.74, 6) is 0. The summed E-state index contributed by atoms with van der Waals surface area (Å²) in [4.78, 5) is 4.13. The van der Waals surface area contributed by atoms with Crippen LogP contribution < -0.4 is 5.32 Å². The summed E-state index contributed by atoms with van der Waals surface area (Å²) >= 11 is 7.23. The Hall–Kier alpha value is -0.320. The summed E-state index contributed by atoms with van der Waals surface area (Å²) in [6, 6.07) is 0. The molecule has 0 saturated carbocycles. The van der Waals surface area contributed by atoms with Crippen molar-refractivity contribution in [3.05, 3.63) is 10.5 Å². The normalized spacial score (nSPS) is 26.7. The van der Waals surface area contributed by atoms with E-state index in [1.807, 2.05) is 0 Å². The van der Waals surface area contributed by atoms with Gasteiger partial charge in [-0.3, -0.25) is 0 Å². The lowest BCUT2D eigenvalue weighted by molar-refractivity contribution is 0.0315. The number of rotatable bonds is 3. The van der Waals surface area contributed by atoms with Gasteiger partial charge in [-0.2, -0.15) is 0 Å². The number of hydrogen-bond acceptors (Lipinski definition) is 4. The van der Waals surface area contributed by atoms with E-state index in [4.69, 9.17) is 16.3 Å². The fraction of sp³-hybridized carbons (Fsp3) is 0.667. The smallest absolute Gasteiger partial charge is 0.184 e. The molecule has 5 heteroatoms. The van der Waals surface area contributed by atoms with Gasteiger partial charge in [-0.25, -0.2) is 4.98 Å². The molecular formula is C9H13ClN2OS. The Morgan fingerprint density at radius 1 is 1.79 bits per heavy atom. The van der Waals surface area contributed by atoms with E-state index in [0.29, 0.717) is 4.34 Å². The fourth-order valence-electron chi connectivity index (χ4n) is 1.58. The van der Waals surface area contributed by atoms with Crippen molar-refractivity contribution in [1.29, 1.82) is 0 Å². The van der Waals surface area contributed by atoms with Crippen molar-refractivity contribution in [2.24, 2.45) is 0 Å². The highest BCUT2D eigenvalue weighted by atomic mass is 35.5. The summed E-state index contributed by atoms with van der Waals surface area (Å²) in [5.41, 5.74) is -0.0296. The van der Waals surface area contributed by atoms with Crippen LogP contribution >= 0.6 is 22.9 Å². The molecule has 2 rings (SSSR count). The molecule has 2 heterocycles. The second-order valence-corrected chi connectivity index (χ2v) is 5.39. The monoisotopic (exact) mass is 232 g/mol. The molecular weight excluding hydrogens is 220 g/mol. The number of thiazole rings is 1. The molecule has 78 valence electrons. The second kappa shape index (κ2) is 4.04. The molecule has 3 nitrogen and oxygen atoms in total. The quantitative estimate of drug-likeness (QED) is 0.870. The molecule has 0 spiro atoms. The van der Waals surface area contributed by atoms with Crippen LogP contribution in [0.5, 0.6) is 0 Å². The van der Waals surface area contributed by atoms with E-state index in [0.717, 1.165) is 31.1 Å². The summed E-state index contributed by atoms with van der Waals surface area (Å²) in [6.45, 7) is 3.80. The first kappa shape index (κ1) is 10.2. The van der Waals surface area contributed by atoms with Gasteiger partial charge in [0, 0.05) is 13.2 Å². The average molecular weight is 233 g/mol. The number of aromatic nitrogens is 1. The minimum Gasteiger partial charge on any atom is -0.373 e. The molecule has 14 heavy (non-hydrogen) atoms. The highest BCUT2D eigenvalue weighted by molar-refractivity contribution is 7.19. The Morgan fingerprint density at radius 3 is 3.21 bits per heavy atom. The third kappa shape index (κ3) is 2.38. The number of nitrogens with zero attached hydrogens (tertiary/aromatic N) is 1. The molecule has 0 aromatic carbocycles. The van der Waals surface area contributed by atoms with Gasteiger partial charge in [0.2, 0.25) is 0 Å². The lowest BCUT2D eigenvalue weighted by Crippen LogP contribution is -2.32. The van der Waals surface area contributed by atoms with Crippen LogP contribution in [0.3, 0.4) is 0 Å². The largest absolute Gasteiger partial charge is 0.373 e. The summed E-state index contributed by atoms with van der Waals surface area (Å²) in [5, 5.41) is 4.11. The zero-order valence-electron chi connectivity index (χ0n) is 8.05. The first-order valence-corrected chi connectivity index (χ1v) is 5.87. The molecule has 0 radical (unpaired) electrons. The van der Waals surface area contributed by atoms with Gasteiger partial charge >= 0.3 is 0 Å². The van der Waals surface area contributed by atoms with Gasteiger partial charge in [0.25, 0.3) is 0 Å². The zero-order valence-corrected chi connectivity index (χ0v) is 9.62. The topological polar surface area (TPSA) is 34.2 Å². The highest BCUT2D eigenvalue weighted by Crippen LogP contribution is 2.27. The Labute approximate surface area is 92.4 Å². The summed E-state index contributed by atoms with van der Waals surface area (Å²) < 4.78 is 6.36. The molecule has 0 bridgehead atoms. The van der Waals surface area contributed by atoms with Crippen LogP contribution in [-0.2, 0) is 4.74 Å². The zero-order chi connectivity index (χ0) is 10.0. The number of anilines is 1. The summed E-state index contributed by atoms with van der Waals surface area (Å²) in [7, 11) is 0. The Morgan fingerprint density at radius 2 is 2.64 bits per heavy atom. The van der Waals surface area contributed by atoms with Gasteiger partial charge in [-0.1, -0.05) is 22.9 Å². The maximum absolute atomic E-state index is 5.78. The number of halogens is 1. The predicted molar refractivity (Wildman–Crippen MR) is 59.2 cm³/mol. The van der Waals surface area contributed by atoms with Crippen LogP contribution in [0.15, 0.2) is 6.20 Å². The van der Waals surface area contributed by atoms with Gasteiger partial charge in [0.15, 0.2) is 5.13 Å². The predicted octanol–water partition coefficient (Wildman–Crippen LogP) is 2.78. The molecule has 0 aliphatic carbocycles. The Bertz CT molecular complexity index is 310.